The summed E-state index contributed by atoms with van der Waals surface area (Å²) >= 11 is 2.63. The molecular weight excluding hydrogens is 249 g/mol. The van der Waals surface area contributed by atoms with Crippen molar-refractivity contribution < 1.29 is 0 Å². The molecule has 0 atom stereocenters. The fraction of sp³-hybridized carbons (Fsp3) is 0. The summed E-state index contributed by atoms with van der Waals surface area (Å²) in [6.07, 6.45) is 0. The largest absolute Gasteiger partial charge is 0.383 e. The van der Waals surface area contributed by atoms with Crippen LogP contribution in [0.1, 0.15) is 0 Å². The molecule has 2 heterocycles. The van der Waals surface area contributed by atoms with Crippen molar-refractivity contribution in [2.24, 2.45) is 0 Å². The molecule has 0 aliphatic heterocycles. The molecule has 5 N–H and O–H groups in total. The predicted molar refractivity (Wildman–Crippen MR) is 71.8 cm³/mol. The van der Waals surface area contributed by atoms with Crippen molar-refractivity contribution in [1.29, 1.82) is 0 Å². The lowest BCUT2D eigenvalue weighted by Gasteiger charge is -2.02. The summed E-state index contributed by atoms with van der Waals surface area (Å²) in [5.74, 6) is 0.590. The first-order valence-corrected chi connectivity index (χ1v) is 7.20. The number of anilines is 2. The molecule has 0 amide bonds. The van der Waals surface area contributed by atoms with Crippen molar-refractivity contribution in [1.82, 2.24) is 15.0 Å². The van der Waals surface area contributed by atoms with Gasteiger partial charge in [0.1, 0.15) is 11.5 Å². The first kappa shape index (κ1) is 10.7. The van der Waals surface area contributed by atoms with Crippen LogP contribution in [-0.2, 0) is 0 Å². The van der Waals surface area contributed by atoms with Gasteiger partial charge in [0.2, 0.25) is 21.1 Å². The smallest absolute Gasteiger partial charge is 0.241 e. The molecule has 3 aromatic rings. The maximum Gasteiger partial charge on any atom is 0.241 e. The third kappa shape index (κ3) is 1.55. The number of nitrogens with one attached hydrogen (secondary N) is 1. The van der Waals surface area contributed by atoms with E-state index < -0.39 is 0 Å². The number of nitrogens with zero attached hydrogens (tertiary/aromatic N) is 2. The van der Waals surface area contributed by atoms with E-state index in [2.05, 4.69) is 30.1 Å². The minimum absolute atomic E-state index is 0.182. The van der Waals surface area contributed by atoms with E-state index in [4.69, 9.17) is 11.5 Å². The summed E-state index contributed by atoms with van der Waals surface area (Å²) in [5, 5.41) is 1.87. The van der Waals surface area contributed by atoms with Gasteiger partial charge in [-0.05, 0) is 17.0 Å². The zero-order valence-electron chi connectivity index (χ0n) is 8.77. The third-order valence-corrected chi connectivity index (χ3v) is 3.97. The molecule has 0 aliphatic carbocycles. The number of hydrogen-bond donors (Lipinski definition) is 3. The number of rotatable bonds is 1. The van der Waals surface area contributed by atoms with E-state index in [-0.39, 0.29) is 5.95 Å². The molecule has 0 spiro atoms. The molecular formula is C10H8AlN5S. The molecule has 0 unspecified atom stereocenters. The number of aromatic amines is 1. The average Bonchev–Trinajstić information content (AvgIpc) is 2.66. The molecule has 0 saturated carbocycles. The molecule has 2 aromatic heterocycles. The maximum atomic E-state index is 5.92. The van der Waals surface area contributed by atoms with E-state index in [1.165, 1.54) is 0 Å². The lowest BCUT2D eigenvalue weighted by atomic mass is 10.2. The number of aromatic nitrogens is 3. The van der Waals surface area contributed by atoms with Crippen LogP contribution in [0.15, 0.2) is 23.1 Å². The van der Waals surface area contributed by atoms with E-state index in [1.54, 1.807) is 10.1 Å². The standard InChI is InChI=1S/C10H9N5S.Al/c11-8-7-6-4(2-1-3-5(6)16)13-9(7)15-10(12)14-8;/h1-3,16H,(H5,11,12,13,14,15);/q;+1/p-1. The van der Waals surface area contributed by atoms with Crippen LogP contribution in [-0.4, -0.2) is 30.1 Å². The van der Waals surface area contributed by atoms with Gasteiger partial charge in [0.25, 0.3) is 0 Å². The number of benzene rings is 1. The van der Waals surface area contributed by atoms with Gasteiger partial charge < -0.3 is 16.5 Å². The Balaban J connectivity index is 2.57. The van der Waals surface area contributed by atoms with Gasteiger partial charge >= 0.3 is 0 Å². The zero-order valence-corrected chi connectivity index (χ0v) is 10.7. The lowest BCUT2D eigenvalue weighted by molar-refractivity contribution is 1.23. The number of nitrogen functional groups attached to an aromatic ring is 2. The zero-order chi connectivity index (χ0) is 12.0. The Bertz CT molecular complexity index is 723. The highest BCUT2D eigenvalue weighted by atomic mass is 32.3. The summed E-state index contributed by atoms with van der Waals surface area (Å²) in [5.41, 5.74) is 13.2. The Morgan fingerprint density at radius 1 is 1.18 bits per heavy atom. The molecule has 5 nitrogen and oxygen atoms in total. The topological polar surface area (TPSA) is 93.6 Å². The Kier molecular flexibility index (Phi) is 2.40. The van der Waals surface area contributed by atoms with Gasteiger partial charge in [-0.15, -0.1) is 0 Å². The van der Waals surface area contributed by atoms with Gasteiger partial charge in [-0.1, -0.05) is 6.07 Å². The molecule has 7 heteroatoms. The first-order chi connectivity index (χ1) is 8.20. The molecule has 1 aromatic carbocycles. The van der Waals surface area contributed by atoms with Crippen molar-refractivity contribution >= 4 is 59.0 Å². The Morgan fingerprint density at radius 2 is 2.00 bits per heavy atom. The van der Waals surface area contributed by atoms with Crippen LogP contribution in [0.25, 0.3) is 21.9 Å². The van der Waals surface area contributed by atoms with Crippen molar-refractivity contribution in [3.63, 3.8) is 0 Å². The van der Waals surface area contributed by atoms with E-state index in [9.17, 15) is 0 Å². The minimum atomic E-state index is 0.182. The number of H-pyrrole nitrogens is 1. The van der Waals surface area contributed by atoms with Crippen LogP contribution in [0.2, 0.25) is 0 Å². The second-order valence-electron chi connectivity index (χ2n) is 3.61. The van der Waals surface area contributed by atoms with E-state index in [0.29, 0.717) is 11.5 Å². The Hall–Kier alpha value is -1.42. The minimum Gasteiger partial charge on any atom is -0.383 e. The second-order valence-corrected chi connectivity index (χ2v) is 4.99. The van der Waals surface area contributed by atoms with Crippen molar-refractivity contribution in [3.05, 3.63) is 18.2 Å². The SMILES string of the molecule is Nc1nc(N)c2c(n1)[nH]c1cccc([S][Al])c12. The third-order valence-electron chi connectivity index (χ3n) is 2.61. The number of nitrogens with two attached hydrogens (primary N) is 2. The summed E-state index contributed by atoms with van der Waals surface area (Å²) < 4.78 is 0. The summed E-state index contributed by atoms with van der Waals surface area (Å²) in [7, 11) is 1.58. The van der Waals surface area contributed by atoms with Gasteiger partial charge in [-0.3, -0.25) is 10.1 Å². The Labute approximate surface area is 108 Å². The van der Waals surface area contributed by atoms with Crippen LogP contribution < -0.4 is 11.5 Å². The molecule has 0 fully saturated rings. The van der Waals surface area contributed by atoms with E-state index >= 15 is 0 Å². The lowest BCUT2D eigenvalue weighted by Crippen LogP contribution is -1.99. The second kappa shape index (κ2) is 3.81. The molecule has 2 radical (unpaired) electrons. The van der Waals surface area contributed by atoms with Crippen LogP contribution >= 0.6 is 10.1 Å². The van der Waals surface area contributed by atoms with Gasteiger partial charge in [0, 0.05) is 10.9 Å². The molecule has 82 valence electrons. The predicted octanol–water partition coefficient (Wildman–Crippen LogP) is 1.45. The summed E-state index contributed by atoms with van der Waals surface area (Å²) in [4.78, 5) is 12.5. The fourth-order valence-corrected chi connectivity index (χ4v) is 3.03. The van der Waals surface area contributed by atoms with Crippen molar-refractivity contribution in [3.8, 4) is 0 Å². The van der Waals surface area contributed by atoms with Crippen LogP contribution in [0.5, 0.6) is 0 Å². The van der Waals surface area contributed by atoms with Crippen LogP contribution in [0.3, 0.4) is 0 Å². The molecule has 17 heavy (non-hydrogen) atoms. The molecule has 0 saturated heterocycles. The van der Waals surface area contributed by atoms with Gasteiger partial charge in [0.05, 0.1) is 5.39 Å². The molecule has 3 rings (SSSR count). The van der Waals surface area contributed by atoms with Crippen molar-refractivity contribution in [2.45, 2.75) is 4.90 Å². The van der Waals surface area contributed by atoms with Crippen LogP contribution in [0.4, 0.5) is 11.8 Å². The molecule has 0 bridgehead atoms. The highest BCUT2D eigenvalue weighted by Crippen LogP contribution is 2.34. The summed E-state index contributed by atoms with van der Waals surface area (Å²) in [6.45, 7) is 0. The van der Waals surface area contributed by atoms with Gasteiger partial charge in [0.15, 0.2) is 0 Å². The average molecular weight is 257 g/mol. The van der Waals surface area contributed by atoms with E-state index in [1.807, 2.05) is 18.2 Å². The van der Waals surface area contributed by atoms with Gasteiger partial charge in [-0.25, -0.2) is 0 Å². The Morgan fingerprint density at radius 3 is 2.76 bits per heavy atom. The number of hydrogen-bond acceptors (Lipinski definition) is 5. The summed E-state index contributed by atoms with van der Waals surface area (Å²) in [6, 6.07) is 6.00. The highest BCUT2D eigenvalue weighted by Gasteiger charge is 2.12. The first-order valence-electron chi connectivity index (χ1n) is 4.91. The fourth-order valence-electron chi connectivity index (χ4n) is 1.95. The van der Waals surface area contributed by atoms with E-state index in [0.717, 1.165) is 21.2 Å². The van der Waals surface area contributed by atoms with Gasteiger partial charge in [-0.2, -0.15) is 9.97 Å². The number of fused-ring (bicyclic) bond motifs is 3. The monoisotopic (exact) mass is 257 g/mol. The normalized spacial score (nSPS) is 11.3. The highest BCUT2D eigenvalue weighted by molar-refractivity contribution is 8.19. The molecule has 0 aliphatic rings. The maximum absolute atomic E-state index is 5.92. The quantitative estimate of drug-likeness (QED) is 0.574. The van der Waals surface area contributed by atoms with Crippen molar-refractivity contribution in [2.75, 3.05) is 11.5 Å². The van der Waals surface area contributed by atoms with Crippen LogP contribution in [0, 0.1) is 0 Å².